The van der Waals surface area contributed by atoms with E-state index in [0.717, 1.165) is 0 Å². The Kier molecular flexibility index (Phi) is 31.7. The van der Waals surface area contributed by atoms with Gasteiger partial charge in [-0.3, -0.25) is 0 Å². The molecule has 0 rings (SSSR count). The summed E-state index contributed by atoms with van der Waals surface area (Å²) in [5, 5.41) is 18.4. The second-order valence-electron chi connectivity index (χ2n) is 1.06. The molecule has 0 spiro atoms. The highest BCUT2D eigenvalue weighted by Crippen LogP contribution is 1.62. The zero-order valence-corrected chi connectivity index (χ0v) is 8.73. The van der Waals surface area contributed by atoms with E-state index in [1.807, 2.05) is 0 Å². The first-order valence-electron chi connectivity index (χ1n) is 2.16. The first-order valence-corrected chi connectivity index (χ1v) is 3.42. The van der Waals surface area contributed by atoms with Crippen molar-refractivity contribution in [3.8, 4) is 0 Å². The highest BCUT2D eigenvalue weighted by atomic mass is 32.1. The van der Waals surface area contributed by atoms with Crippen molar-refractivity contribution in [1.29, 1.82) is 0 Å². The molecule has 8 N–H and O–H groups in total. The maximum atomic E-state index is 9.18. The van der Waals surface area contributed by atoms with Gasteiger partial charge in [0.15, 0.2) is 0 Å². The largest absolute Gasteiger partial charge is 0.549 e. The summed E-state index contributed by atoms with van der Waals surface area (Å²) in [5.74, 6) is -2.65. The van der Waals surface area contributed by atoms with Gasteiger partial charge in [-0.05, 0) is 0 Å². The molecule has 0 fully saturated rings. The van der Waals surface area contributed by atoms with E-state index in [1.165, 1.54) is 0 Å². The number of hydrogen-bond acceptors (Lipinski definition) is 6. The lowest BCUT2D eigenvalue weighted by Crippen LogP contribution is -2.23. The van der Waals surface area contributed by atoms with Crippen molar-refractivity contribution in [3.05, 3.63) is 0 Å². The zero-order valence-electron chi connectivity index (χ0n) is 6.94. The maximum absolute atomic E-state index is 9.18. The molecule has 0 aliphatic rings. The molecular weight excluding hydrogens is 204 g/mol. The number of hydrogen-bond donors (Lipinski definition) is 4. The van der Waals surface area contributed by atoms with E-state index in [1.54, 1.807) is 0 Å². The fraction of sp³-hybridized carbons (Fsp3) is 0.500. The van der Waals surface area contributed by atoms with Crippen LogP contribution in [0, 0.1) is 0 Å². The number of carbonyl (C=O) groups excluding carboxylic acids is 2. The Bertz CT molecular complexity index is 108. The summed E-state index contributed by atoms with van der Waals surface area (Å²) in [5.41, 5.74) is 0. The topological polar surface area (TPSA) is 153 Å². The number of aliphatic carboxylic acids is 2. The molecule has 76 valence electrons. The summed E-state index contributed by atoms with van der Waals surface area (Å²) in [4.78, 5) is 18.4. The Morgan fingerprint density at radius 2 is 1.00 bits per heavy atom. The molecule has 0 aromatic heterocycles. The standard InChI is InChI=1S/2C2H4O2S.2H3N/c2*3-2(4)1-5;;/h2*5H,1H2,(H,3,4);2*1H3. The van der Waals surface area contributed by atoms with Gasteiger partial charge < -0.3 is 32.1 Å². The zero-order chi connectivity index (χ0) is 8.57. The molecular formula is C4H14N2O4S2. The van der Waals surface area contributed by atoms with Gasteiger partial charge in [0.1, 0.15) is 0 Å². The average Bonchev–Trinajstić information content (AvgIpc) is 1.89. The third kappa shape index (κ3) is 55.3. The lowest BCUT2D eigenvalue weighted by molar-refractivity contribution is -0.302. The molecule has 0 atom stereocenters. The van der Waals surface area contributed by atoms with Crippen LogP contribution in [0.15, 0.2) is 0 Å². The predicted molar refractivity (Wildman–Crippen MR) is 49.7 cm³/mol. The molecule has 0 heterocycles. The summed E-state index contributed by atoms with van der Waals surface area (Å²) >= 11 is 6.71. The Hall–Kier alpha value is -0.440. The summed E-state index contributed by atoms with van der Waals surface area (Å²) in [6.45, 7) is 0. The predicted octanol–water partition coefficient (Wildman–Crippen LogP) is -1.92. The van der Waals surface area contributed by atoms with Gasteiger partial charge in [0.25, 0.3) is 0 Å². The first kappa shape index (κ1) is 22.6. The maximum Gasteiger partial charge on any atom is 0.0510 e. The Morgan fingerprint density at radius 3 is 1.00 bits per heavy atom. The van der Waals surface area contributed by atoms with Crippen LogP contribution < -0.4 is 22.5 Å². The van der Waals surface area contributed by atoms with E-state index in [4.69, 9.17) is 0 Å². The Labute approximate surface area is 81.3 Å². The van der Waals surface area contributed by atoms with Crippen LogP contribution in [0.5, 0.6) is 0 Å². The highest BCUT2D eigenvalue weighted by Gasteiger charge is 1.66. The molecule has 0 aromatic carbocycles. The van der Waals surface area contributed by atoms with Crippen molar-refractivity contribution in [2.24, 2.45) is 0 Å². The molecule has 0 amide bonds. The van der Waals surface area contributed by atoms with Gasteiger partial charge in [0, 0.05) is 11.5 Å². The van der Waals surface area contributed by atoms with Gasteiger partial charge in [-0.2, -0.15) is 25.3 Å². The van der Waals surface area contributed by atoms with Gasteiger partial charge in [0.2, 0.25) is 0 Å². The van der Waals surface area contributed by atoms with Crippen LogP contribution in [-0.4, -0.2) is 23.4 Å². The van der Waals surface area contributed by atoms with E-state index >= 15 is 0 Å². The van der Waals surface area contributed by atoms with Crippen molar-refractivity contribution in [2.45, 2.75) is 0 Å². The molecule has 0 unspecified atom stereocenters. The smallest absolute Gasteiger partial charge is 0.0510 e. The van der Waals surface area contributed by atoms with Gasteiger partial charge in [-0.1, -0.05) is 0 Å². The summed E-state index contributed by atoms with van der Waals surface area (Å²) in [6.07, 6.45) is 0. The Morgan fingerprint density at radius 1 is 0.917 bits per heavy atom. The monoisotopic (exact) mass is 218 g/mol. The fourth-order valence-electron chi connectivity index (χ4n) is 0. The quantitative estimate of drug-likeness (QED) is 0.399. The van der Waals surface area contributed by atoms with Crippen molar-refractivity contribution in [3.63, 3.8) is 0 Å². The highest BCUT2D eigenvalue weighted by molar-refractivity contribution is 7.81. The van der Waals surface area contributed by atoms with Crippen molar-refractivity contribution in [2.75, 3.05) is 11.5 Å². The number of thiol groups is 2. The summed E-state index contributed by atoms with van der Waals surface area (Å²) < 4.78 is 0. The normalized spacial score (nSPS) is 6.17. The first-order chi connectivity index (χ1) is 4.54. The van der Waals surface area contributed by atoms with Crippen LogP contribution in [0.4, 0.5) is 0 Å². The molecule has 0 saturated carbocycles. The van der Waals surface area contributed by atoms with Gasteiger partial charge in [0.05, 0.1) is 11.9 Å². The molecule has 0 aliphatic heterocycles. The van der Waals surface area contributed by atoms with Gasteiger partial charge in [-0.25, -0.2) is 0 Å². The van der Waals surface area contributed by atoms with Crippen molar-refractivity contribution in [1.82, 2.24) is 12.3 Å². The van der Waals surface area contributed by atoms with Crippen LogP contribution in [0.1, 0.15) is 0 Å². The summed E-state index contributed by atoms with van der Waals surface area (Å²) in [6, 6.07) is 0. The van der Waals surface area contributed by atoms with E-state index in [2.05, 4.69) is 25.3 Å². The van der Waals surface area contributed by atoms with Gasteiger partial charge in [-0.15, -0.1) is 0 Å². The second-order valence-corrected chi connectivity index (χ2v) is 1.69. The van der Waals surface area contributed by atoms with E-state index in [-0.39, 0.29) is 23.8 Å². The number of carbonyl (C=O) groups is 2. The molecule has 6 nitrogen and oxygen atoms in total. The van der Waals surface area contributed by atoms with Crippen LogP contribution in [0.2, 0.25) is 0 Å². The van der Waals surface area contributed by atoms with Crippen LogP contribution in [0.3, 0.4) is 0 Å². The van der Waals surface area contributed by atoms with Crippen LogP contribution in [0.25, 0.3) is 0 Å². The third-order valence-corrected chi connectivity index (χ3v) is 0.775. The fourth-order valence-corrected chi connectivity index (χ4v) is 0. The minimum Gasteiger partial charge on any atom is -0.549 e. The lowest BCUT2D eigenvalue weighted by Gasteiger charge is -1.86. The Balaban J connectivity index is -0.0000000457. The number of carboxylic acids is 2. The van der Waals surface area contributed by atoms with Crippen LogP contribution >= 0.6 is 25.3 Å². The molecule has 0 aliphatic carbocycles. The minimum atomic E-state index is -1.13. The van der Waals surface area contributed by atoms with Crippen molar-refractivity contribution < 1.29 is 19.8 Å². The number of quaternary nitrogens is 2. The molecule has 12 heavy (non-hydrogen) atoms. The number of carboxylic acid groups (broad SMARTS) is 2. The lowest BCUT2D eigenvalue weighted by atomic mass is 10.8. The van der Waals surface area contributed by atoms with E-state index in [9.17, 15) is 19.8 Å². The third-order valence-electron chi connectivity index (χ3n) is 0.258. The molecule has 8 heteroatoms. The molecule has 0 radical (unpaired) electrons. The molecule has 0 aromatic rings. The van der Waals surface area contributed by atoms with Crippen molar-refractivity contribution >= 4 is 37.2 Å². The average molecular weight is 218 g/mol. The minimum absolute atomic E-state index is 0. The SMILES string of the molecule is O=C([O-])CS.O=C([O-])CS.[NH4+].[NH4+]. The van der Waals surface area contributed by atoms with E-state index < -0.39 is 11.9 Å². The van der Waals surface area contributed by atoms with Crippen LogP contribution in [-0.2, 0) is 9.59 Å². The summed E-state index contributed by atoms with van der Waals surface area (Å²) in [7, 11) is 0. The molecule has 0 bridgehead atoms. The second kappa shape index (κ2) is 16.9. The number of rotatable bonds is 2. The van der Waals surface area contributed by atoms with Gasteiger partial charge >= 0.3 is 0 Å². The van der Waals surface area contributed by atoms with E-state index in [0.29, 0.717) is 0 Å². The molecule has 0 saturated heterocycles.